The molecule has 2 unspecified atom stereocenters. The Labute approximate surface area is 360 Å². The van der Waals surface area contributed by atoms with Gasteiger partial charge in [-0.05, 0) is 77.0 Å². The van der Waals surface area contributed by atoms with Gasteiger partial charge in [0.15, 0.2) is 0 Å². The van der Waals surface area contributed by atoms with Gasteiger partial charge >= 0.3 is 0 Å². The quantitative estimate of drug-likeness (QED) is 0.0425. The molecule has 0 fully saturated rings. The lowest BCUT2D eigenvalue weighted by atomic mass is 10.0. The van der Waals surface area contributed by atoms with Crippen molar-refractivity contribution in [2.45, 2.75) is 231 Å². The van der Waals surface area contributed by atoms with Gasteiger partial charge in [0.05, 0.1) is 18.8 Å². The molecule has 0 saturated carbocycles. The van der Waals surface area contributed by atoms with Crippen molar-refractivity contribution in [1.29, 1.82) is 0 Å². The molecule has 0 bridgehead atoms. The zero-order valence-corrected chi connectivity index (χ0v) is 38.0. The number of unbranched alkanes of at least 4 members (excludes halogenated alkanes) is 22. The Kier molecular flexibility index (Phi) is 46.4. The third kappa shape index (κ3) is 44.4. The Balaban J connectivity index is 3.55. The minimum atomic E-state index is -0.842. The minimum Gasteiger partial charge on any atom is -0.394 e. The van der Waals surface area contributed by atoms with E-state index in [2.05, 4.69) is 104 Å². The molecule has 3 N–H and O–H groups in total. The van der Waals surface area contributed by atoms with Crippen molar-refractivity contribution in [3.8, 4) is 0 Å². The van der Waals surface area contributed by atoms with E-state index in [1.165, 1.54) is 128 Å². The molecule has 0 radical (unpaired) electrons. The molecule has 0 aromatic rings. The predicted molar refractivity (Wildman–Crippen MR) is 257 cm³/mol. The number of nitrogens with one attached hydrogen (secondary N) is 1. The summed E-state index contributed by atoms with van der Waals surface area (Å²) >= 11 is 0. The number of allylic oxidation sites excluding steroid dienone is 15. The molecule has 0 aromatic heterocycles. The monoisotopic (exact) mass is 804 g/mol. The summed E-state index contributed by atoms with van der Waals surface area (Å²) in [5.41, 5.74) is 0. The number of hydrogen-bond acceptors (Lipinski definition) is 3. The first-order chi connectivity index (χ1) is 28.7. The summed E-state index contributed by atoms with van der Waals surface area (Å²) in [5, 5.41) is 23.0. The number of aliphatic hydroxyl groups is 2. The first kappa shape index (κ1) is 55.3. The van der Waals surface area contributed by atoms with Gasteiger partial charge in [0.1, 0.15) is 0 Å². The van der Waals surface area contributed by atoms with Crippen LogP contribution in [-0.2, 0) is 4.79 Å². The third-order valence-electron chi connectivity index (χ3n) is 10.6. The summed E-state index contributed by atoms with van der Waals surface area (Å²) < 4.78 is 0. The van der Waals surface area contributed by atoms with Crippen LogP contribution in [-0.4, -0.2) is 34.9 Å². The van der Waals surface area contributed by atoms with Gasteiger partial charge in [-0.3, -0.25) is 4.79 Å². The SMILES string of the molecule is CC/C=C\C/C=C\C/C=C\C/C=C\C/C=C\C/C=C\C/C=C\CCCCCCCCCCCCCCCC(=O)NC(CO)C(O)/C=C/CCCCCCCCCCC. The highest BCUT2D eigenvalue weighted by Gasteiger charge is 2.17. The number of rotatable bonds is 43. The maximum atomic E-state index is 12.4. The fraction of sp³-hybridized carbons (Fsp3) is 0.685. The zero-order chi connectivity index (χ0) is 42.1. The van der Waals surface area contributed by atoms with Gasteiger partial charge in [0.25, 0.3) is 0 Å². The molecular weight excluding hydrogens is 711 g/mol. The average Bonchev–Trinajstić information content (AvgIpc) is 3.23. The Morgan fingerprint density at radius 3 is 1.14 bits per heavy atom. The van der Waals surface area contributed by atoms with Gasteiger partial charge in [-0.1, -0.05) is 233 Å². The topological polar surface area (TPSA) is 69.6 Å². The fourth-order valence-corrected chi connectivity index (χ4v) is 6.86. The van der Waals surface area contributed by atoms with Gasteiger partial charge in [-0.25, -0.2) is 0 Å². The average molecular weight is 804 g/mol. The summed E-state index contributed by atoms with van der Waals surface area (Å²) in [4.78, 5) is 12.4. The maximum absolute atomic E-state index is 12.4. The summed E-state index contributed by atoms with van der Waals surface area (Å²) in [6, 6.07) is -0.626. The van der Waals surface area contributed by atoms with E-state index in [1.807, 2.05) is 6.08 Å². The van der Waals surface area contributed by atoms with E-state index in [-0.39, 0.29) is 12.5 Å². The van der Waals surface area contributed by atoms with Crippen LogP contribution >= 0.6 is 0 Å². The second kappa shape index (κ2) is 48.7. The highest BCUT2D eigenvalue weighted by Crippen LogP contribution is 2.14. The Bertz CT molecular complexity index is 1090. The van der Waals surface area contributed by atoms with E-state index in [0.717, 1.165) is 70.6 Å². The van der Waals surface area contributed by atoms with Gasteiger partial charge in [-0.15, -0.1) is 0 Å². The summed E-state index contributed by atoms with van der Waals surface area (Å²) in [6.45, 7) is 4.17. The standard InChI is InChI=1S/C54H93NO3/c1-3-5-7-9-11-13-15-16-17-18-19-20-21-22-23-24-25-26-27-28-29-30-31-32-33-34-35-36-37-38-40-42-44-46-48-50-54(58)55-52(51-56)53(57)49-47-45-43-41-39-14-12-10-8-6-4-2/h5,7,11,13,16-17,19-20,22-23,25-26,28-29,47,49,52-53,56-57H,3-4,6,8-10,12,14-15,18,21,24,27,30-46,48,50-51H2,1-2H3,(H,55,58)/b7-5-,13-11-,17-16-,20-19-,23-22-,26-25-,29-28-,49-47+. The first-order valence-corrected chi connectivity index (χ1v) is 24.5. The molecule has 332 valence electrons. The predicted octanol–water partition coefficient (Wildman–Crippen LogP) is 15.8. The third-order valence-corrected chi connectivity index (χ3v) is 10.6. The van der Waals surface area contributed by atoms with E-state index in [1.54, 1.807) is 6.08 Å². The maximum Gasteiger partial charge on any atom is 0.220 e. The van der Waals surface area contributed by atoms with Crippen LogP contribution in [0.3, 0.4) is 0 Å². The smallest absolute Gasteiger partial charge is 0.220 e. The molecule has 0 heterocycles. The molecule has 0 rings (SSSR count). The second-order valence-electron chi connectivity index (χ2n) is 16.1. The fourth-order valence-electron chi connectivity index (χ4n) is 6.86. The highest BCUT2D eigenvalue weighted by molar-refractivity contribution is 5.76. The van der Waals surface area contributed by atoms with Crippen LogP contribution in [0.4, 0.5) is 0 Å². The van der Waals surface area contributed by atoms with Crippen molar-refractivity contribution in [1.82, 2.24) is 5.32 Å². The van der Waals surface area contributed by atoms with Crippen LogP contribution in [0.2, 0.25) is 0 Å². The van der Waals surface area contributed by atoms with Crippen LogP contribution in [0.15, 0.2) is 97.2 Å². The summed E-state index contributed by atoms with van der Waals surface area (Å²) in [6.07, 6.45) is 72.5. The molecule has 0 aliphatic carbocycles. The van der Waals surface area contributed by atoms with E-state index in [9.17, 15) is 15.0 Å². The second-order valence-corrected chi connectivity index (χ2v) is 16.1. The van der Waals surface area contributed by atoms with Crippen LogP contribution in [0.25, 0.3) is 0 Å². The van der Waals surface area contributed by atoms with Crippen molar-refractivity contribution in [2.75, 3.05) is 6.61 Å². The highest BCUT2D eigenvalue weighted by atomic mass is 16.3. The van der Waals surface area contributed by atoms with Crippen molar-refractivity contribution in [2.24, 2.45) is 0 Å². The number of amides is 1. The van der Waals surface area contributed by atoms with E-state index >= 15 is 0 Å². The van der Waals surface area contributed by atoms with Crippen molar-refractivity contribution in [3.05, 3.63) is 97.2 Å². The number of aliphatic hydroxyl groups excluding tert-OH is 2. The van der Waals surface area contributed by atoms with Gasteiger partial charge in [0, 0.05) is 6.42 Å². The van der Waals surface area contributed by atoms with E-state index in [4.69, 9.17) is 0 Å². The van der Waals surface area contributed by atoms with Crippen LogP contribution in [0, 0.1) is 0 Å². The van der Waals surface area contributed by atoms with E-state index < -0.39 is 12.1 Å². The molecule has 0 saturated heterocycles. The Morgan fingerprint density at radius 1 is 0.431 bits per heavy atom. The summed E-state index contributed by atoms with van der Waals surface area (Å²) in [5.74, 6) is -0.0706. The molecule has 4 nitrogen and oxygen atoms in total. The Morgan fingerprint density at radius 2 is 0.759 bits per heavy atom. The van der Waals surface area contributed by atoms with Gasteiger partial charge < -0.3 is 15.5 Å². The lowest BCUT2D eigenvalue weighted by molar-refractivity contribution is -0.123. The van der Waals surface area contributed by atoms with Crippen molar-refractivity contribution in [3.63, 3.8) is 0 Å². The molecule has 1 amide bonds. The van der Waals surface area contributed by atoms with Crippen molar-refractivity contribution < 1.29 is 15.0 Å². The molecule has 58 heavy (non-hydrogen) atoms. The molecular formula is C54H93NO3. The zero-order valence-electron chi connectivity index (χ0n) is 38.0. The largest absolute Gasteiger partial charge is 0.394 e. The number of hydrogen-bond donors (Lipinski definition) is 3. The molecule has 0 aromatic carbocycles. The first-order valence-electron chi connectivity index (χ1n) is 24.5. The Hall–Kier alpha value is -2.69. The van der Waals surface area contributed by atoms with Crippen LogP contribution in [0.5, 0.6) is 0 Å². The molecule has 4 heteroatoms. The minimum absolute atomic E-state index is 0.0706. The number of carbonyl (C=O) groups is 1. The normalized spacial score (nSPS) is 13.8. The summed E-state index contributed by atoms with van der Waals surface area (Å²) in [7, 11) is 0. The van der Waals surface area contributed by atoms with Gasteiger partial charge in [-0.2, -0.15) is 0 Å². The lowest BCUT2D eigenvalue weighted by Gasteiger charge is -2.20. The van der Waals surface area contributed by atoms with Crippen molar-refractivity contribution >= 4 is 5.91 Å². The lowest BCUT2D eigenvalue weighted by Crippen LogP contribution is -2.45. The molecule has 0 spiro atoms. The van der Waals surface area contributed by atoms with E-state index in [0.29, 0.717) is 6.42 Å². The molecule has 0 aliphatic rings. The van der Waals surface area contributed by atoms with Crippen LogP contribution < -0.4 is 5.32 Å². The van der Waals surface area contributed by atoms with Crippen LogP contribution in [0.1, 0.15) is 219 Å². The molecule has 2 atom stereocenters. The van der Waals surface area contributed by atoms with Gasteiger partial charge in [0.2, 0.25) is 5.91 Å². The number of carbonyl (C=O) groups excluding carboxylic acids is 1. The molecule has 0 aliphatic heterocycles.